The van der Waals surface area contributed by atoms with Crippen molar-refractivity contribution in [2.75, 3.05) is 13.2 Å². The number of Topliss-reactive ketones (excluding diaryl/α,β-unsaturated/α-hetero) is 1. The number of aromatic amines is 1. The molecule has 0 amide bonds. The second-order valence-electron chi connectivity index (χ2n) is 15.7. The van der Waals surface area contributed by atoms with E-state index < -0.39 is 11.9 Å². The minimum Gasteiger partial charge on any atom is -0.494 e. The van der Waals surface area contributed by atoms with Gasteiger partial charge in [-0.3, -0.25) is 29.0 Å². The van der Waals surface area contributed by atoms with Gasteiger partial charge in [-0.25, -0.2) is 9.97 Å². The average molecular weight is 891 g/mol. The molecule has 0 aliphatic heterocycles. The molecule has 0 bridgehead atoms. The maximum Gasteiger partial charge on any atom is 0.316 e. The third-order valence-electron chi connectivity index (χ3n) is 11.5. The van der Waals surface area contributed by atoms with Crippen LogP contribution in [-0.2, 0) is 67.2 Å². The lowest BCUT2D eigenvalue weighted by atomic mass is 9.80. The van der Waals surface area contributed by atoms with E-state index in [1.807, 2.05) is 18.3 Å². The second kappa shape index (κ2) is 25.7. The van der Waals surface area contributed by atoms with Gasteiger partial charge in [0.2, 0.25) is 0 Å². The Morgan fingerprint density at radius 2 is 1.35 bits per heavy atom. The monoisotopic (exact) mass is 889 g/mol. The Bertz CT molecular complexity index is 1960. The van der Waals surface area contributed by atoms with Crippen LogP contribution >= 0.6 is 34.8 Å². The van der Waals surface area contributed by atoms with Crippen LogP contribution < -0.4 is 5.56 Å². The first-order valence-corrected chi connectivity index (χ1v) is 22.4. The molecule has 0 spiro atoms. The van der Waals surface area contributed by atoms with Crippen LogP contribution in [0.2, 0.25) is 15.5 Å². The van der Waals surface area contributed by atoms with Crippen molar-refractivity contribution in [2.24, 2.45) is 17.8 Å². The van der Waals surface area contributed by atoms with Crippen LogP contribution in [0.4, 0.5) is 0 Å². The number of ketones is 1. The van der Waals surface area contributed by atoms with Crippen molar-refractivity contribution < 1.29 is 38.9 Å². The zero-order valence-corrected chi connectivity index (χ0v) is 36.7. The third kappa shape index (κ3) is 15.5. The van der Waals surface area contributed by atoms with Crippen molar-refractivity contribution >= 4 is 59.0 Å². The number of H-pyrrole nitrogens is 1. The fourth-order valence-electron chi connectivity index (χ4n) is 8.36. The zero-order chi connectivity index (χ0) is 43.4. The number of hydrogen-bond donors (Lipinski definition) is 3. The normalized spacial score (nSPS) is 20.1. The molecule has 2 saturated carbocycles. The van der Waals surface area contributed by atoms with E-state index >= 15 is 0 Å². The Kier molecular flexibility index (Phi) is 20.8. The minimum absolute atomic E-state index is 0.0106. The van der Waals surface area contributed by atoms with Gasteiger partial charge in [-0.15, -0.1) is 0 Å². The largest absolute Gasteiger partial charge is 0.494 e. The second-order valence-corrected chi connectivity index (χ2v) is 16.8. The summed E-state index contributed by atoms with van der Waals surface area (Å²) in [5.41, 5.74) is 7.02. The number of carboxylic acid groups (broad SMARTS) is 1. The predicted molar refractivity (Wildman–Crippen MR) is 231 cm³/mol. The molecule has 328 valence electrons. The number of nitrogens with one attached hydrogen (secondary N) is 1. The molecule has 0 saturated heterocycles. The van der Waals surface area contributed by atoms with Gasteiger partial charge in [0, 0.05) is 30.2 Å². The summed E-state index contributed by atoms with van der Waals surface area (Å²) in [6, 6.07) is 5.52. The van der Waals surface area contributed by atoms with E-state index in [0.29, 0.717) is 47.8 Å². The van der Waals surface area contributed by atoms with Gasteiger partial charge in [0.05, 0.1) is 19.1 Å². The summed E-state index contributed by atoms with van der Waals surface area (Å²) in [5.74, 6) is -1.75. The summed E-state index contributed by atoms with van der Waals surface area (Å²) in [6.07, 6.45) is 22.2. The number of aromatic nitrogens is 3. The van der Waals surface area contributed by atoms with Gasteiger partial charge in [0.15, 0.2) is 5.88 Å². The number of carboxylic acids is 1. The van der Waals surface area contributed by atoms with Gasteiger partial charge in [0.1, 0.15) is 27.2 Å². The SMILES string of the molecule is CCOC(=O)C1CCCCC1=O.Clc1cc2c(c(Cl)n1)CCCC2.Clc1cc2c(cn1)CCCC2.O=COCC1CCCCC1C(=O)O.O=c1cc2c(c(O)[nH]1)CCCC2. The molecule has 3 atom stereocenters. The highest BCUT2D eigenvalue weighted by Gasteiger charge is 2.31. The van der Waals surface area contributed by atoms with Crippen LogP contribution in [0, 0.1) is 17.8 Å². The molecule has 5 aliphatic rings. The van der Waals surface area contributed by atoms with Crippen molar-refractivity contribution in [1.82, 2.24) is 15.0 Å². The van der Waals surface area contributed by atoms with Gasteiger partial charge < -0.3 is 19.7 Å². The van der Waals surface area contributed by atoms with Gasteiger partial charge in [0.25, 0.3) is 12.0 Å². The number of ether oxygens (including phenoxy) is 2. The highest BCUT2D eigenvalue weighted by molar-refractivity contribution is 6.33. The van der Waals surface area contributed by atoms with Gasteiger partial charge in [-0.05, 0) is 150 Å². The van der Waals surface area contributed by atoms with E-state index in [1.54, 1.807) is 13.0 Å². The first kappa shape index (κ1) is 48.7. The first-order valence-electron chi connectivity index (χ1n) is 21.3. The molecule has 3 aromatic rings. The topological polar surface area (TPSA) is 186 Å². The molecule has 12 nitrogen and oxygen atoms in total. The molecule has 8 rings (SSSR count). The predicted octanol–water partition coefficient (Wildman–Crippen LogP) is 9.20. The van der Waals surface area contributed by atoms with Crippen LogP contribution in [0.25, 0.3) is 0 Å². The maximum atomic E-state index is 11.2. The summed E-state index contributed by atoms with van der Waals surface area (Å²) < 4.78 is 9.40. The van der Waals surface area contributed by atoms with Crippen molar-refractivity contribution in [1.29, 1.82) is 0 Å². The molecule has 5 aliphatic carbocycles. The van der Waals surface area contributed by atoms with Gasteiger partial charge >= 0.3 is 11.9 Å². The molecule has 0 radical (unpaired) electrons. The lowest BCUT2D eigenvalue weighted by Crippen LogP contribution is -2.30. The number of aryl methyl sites for hydroxylation is 4. The standard InChI is InChI=1S/C9H9Cl2N.C9H10ClN.C9H11NO2.C9H14O4.C9H14O3/c10-8-5-6-3-1-2-4-7(6)9(11)12-8;10-9-5-7-3-1-2-4-8(7)6-11-9;11-8-5-6-3-1-2-4-7(6)9(12)10-8;10-6-13-5-7-3-1-2-4-8(7)9(11)12;1-2-12-9(11)7-5-3-4-6-8(7)10/h5H,1-4H2;5-6H,1-4H2;5H,1-4H2,(H2,10,11,12);6-8H,1-5H2,(H,11,12);7H,2-6H2,1H3. The Balaban J connectivity index is 0.000000165. The van der Waals surface area contributed by atoms with Crippen LogP contribution in [-0.4, -0.2) is 62.6 Å². The van der Waals surface area contributed by atoms with E-state index in [4.69, 9.17) is 44.6 Å². The molecule has 0 aromatic carbocycles. The number of fused-ring (bicyclic) bond motifs is 3. The van der Waals surface area contributed by atoms with E-state index in [0.717, 1.165) is 81.8 Å². The third-order valence-corrected chi connectivity index (χ3v) is 12.2. The number of pyridine rings is 3. The number of carbonyl (C=O) groups excluding carboxylic acids is 3. The zero-order valence-electron chi connectivity index (χ0n) is 34.5. The minimum atomic E-state index is -0.765. The fraction of sp³-hybridized carbons (Fsp3) is 0.578. The van der Waals surface area contributed by atoms with Crippen molar-refractivity contribution in [3.8, 4) is 5.88 Å². The molecule has 3 unspecified atom stereocenters. The summed E-state index contributed by atoms with van der Waals surface area (Å²) in [5, 5.41) is 20.0. The number of esters is 1. The lowest BCUT2D eigenvalue weighted by Gasteiger charge is -2.27. The molecule has 60 heavy (non-hydrogen) atoms. The number of aliphatic carboxylic acids is 1. The number of rotatable bonds is 6. The summed E-state index contributed by atoms with van der Waals surface area (Å²) in [4.78, 5) is 64.5. The van der Waals surface area contributed by atoms with Crippen molar-refractivity contribution in [3.05, 3.63) is 83.6 Å². The fourth-order valence-corrected chi connectivity index (χ4v) is 9.11. The quantitative estimate of drug-likeness (QED) is 0.0927. The summed E-state index contributed by atoms with van der Waals surface area (Å²) in [7, 11) is 0. The van der Waals surface area contributed by atoms with Gasteiger partial charge in [-0.1, -0.05) is 54.1 Å². The summed E-state index contributed by atoms with van der Waals surface area (Å²) >= 11 is 17.5. The van der Waals surface area contributed by atoms with Crippen molar-refractivity contribution in [2.45, 2.75) is 135 Å². The van der Waals surface area contributed by atoms with Crippen LogP contribution in [0.1, 0.15) is 130 Å². The highest BCUT2D eigenvalue weighted by atomic mass is 35.5. The van der Waals surface area contributed by atoms with E-state index in [1.165, 1.54) is 60.8 Å². The Morgan fingerprint density at radius 1 is 0.767 bits per heavy atom. The highest BCUT2D eigenvalue weighted by Crippen LogP contribution is 2.31. The average Bonchev–Trinajstić information content (AvgIpc) is 3.24. The number of aromatic hydroxyl groups is 1. The van der Waals surface area contributed by atoms with Crippen molar-refractivity contribution in [3.63, 3.8) is 0 Å². The smallest absolute Gasteiger partial charge is 0.316 e. The van der Waals surface area contributed by atoms with Crippen LogP contribution in [0.5, 0.6) is 5.88 Å². The maximum absolute atomic E-state index is 11.2. The molecule has 3 aromatic heterocycles. The Hall–Kier alpha value is -4.00. The molecule has 2 fully saturated rings. The van der Waals surface area contributed by atoms with E-state index in [2.05, 4.69) is 19.7 Å². The van der Waals surface area contributed by atoms with Crippen LogP contribution in [0.15, 0.2) is 29.2 Å². The number of nitrogens with zero attached hydrogens (tertiary/aromatic N) is 2. The number of hydrogen-bond acceptors (Lipinski definition) is 10. The van der Waals surface area contributed by atoms with E-state index in [-0.39, 0.29) is 41.6 Å². The Labute approximate surface area is 367 Å². The molecular weight excluding hydrogens is 833 g/mol. The summed E-state index contributed by atoms with van der Waals surface area (Å²) in [6.45, 7) is 2.75. The number of halogens is 3. The van der Waals surface area contributed by atoms with Crippen LogP contribution in [0.3, 0.4) is 0 Å². The molecule has 3 N–H and O–H groups in total. The number of carbonyl (C=O) groups is 4. The van der Waals surface area contributed by atoms with Gasteiger partial charge in [-0.2, -0.15) is 0 Å². The molecule has 15 heteroatoms. The molecular formula is C45H58Cl3N3O9. The lowest BCUT2D eigenvalue weighted by molar-refractivity contribution is -0.152. The molecule has 3 heterocycles. The Morgan fingerprint density at radius 3 is 2.02 bits per heavy atom. The first-order chi connectivity index (χ1) is 28.9. The van der Waals surface area contributed by atoms with E-state index in [9.17, 15) is 29.1 Å².